The second-order valence-corrected chi connectivity index (χ2v) is 6.77. The fourth-order valence-corrected chi connectivity index (χ4v) is 3.10. The molecule has 0 aliphatic carbocycles. The van der Waals surface area contributed by atoms with Gasteiger partial charge in [0, 0.05) is 23.3 Å². The van der Waals surface area contributed by atoms with Gasteiger partial charge >= 0.3 is 0 Å². The van der Waals surface area contributed by atoms with Crippen molar-refractivity contribution in [1.29, 1.82) is 0 Å². The molecule has 0 saturated heterocycles. The summed E-state index contributed by atoms with van der Waals surface area (Å²) in [4.78, 5) is 33.6. The highest BCUT2D eigenvalue weighted by Crippen LogP contribution is 2.24. The van der Waals surface area contributed by atoms with Crippen LogP contribution < -0.4 is 10.6 Å². The molecule has 0 fully saturated rings. The molecule has 32 heavy (non-hydrogen) atoms. The maximum Gasteiger partial charge on any atom is 0.252 e. The number of halogens is 3. The normalized spacial score (nSPS) is 10.7. The number of hydrogen-bond donors (Lipinski definition) is 2. The Morgan fingerprint density at radius 1 is 0.938 bits per heavy atom. The Bertz CT molecular complexity index is 1330. The lowest BCUT2D eigenvalue weighted by Gasteiger charge is -2.11. The molecular weight excluding hydrogens is 421 g/mol. The lowest BCUT2D eigenvalue weighted by molar-refractivity contribution is -0.115. The minimum Gasteiger partial charge on any atom is -0.343 e. The molecule has 0 aliphatic heterocycles. The summed E-state index contributed by atoms with van der Waals surface area (Å²) in [5.74, 6) is -5.96. The highest BCUT2D eigenvalue weighted by atomic mass is 19.2. The van der Waals surface area contributed by atoms with E-state index >= 15 is 0 Å². The van der Waals surface area contributed by atoms with Crippen LogP contribution >= 0.6 is 0 Å². The number of anilines is 1. The van der Waals surface area contributed by atoms with Gasteiger partial charge in [-0.2, -0.15) is 0 Å². The monoisotopic (exact) mass is 436 g/mol. The Morgan fingerprint density at radius 3 is 2.53 bits per heavy atom. The van der Waals surface area contributed by atoms with E-state index in [0.717, 1.165) is 6.07 Å². The summed E-state index contributed by atoms with van der Waals surface area (Å²) in [7, 11) is 0. The van der Waals surface area contributed by atoms with E-state index in [1.165, 1.54) is 0 Å². The molecule has 2 amide bonds. The number of para-hydroxylation sites is 1. The largest absolute Gasteiger partial charge is 0.343 e. The lowest BCUT2D eigenvalue weighted by atomic mass is 10.0. The van der Waals surface area contributed by atoms with E-state index < -0.39 is 41.5 Å². The van der Waals surface area contributed by atoms with Crippen molar-refractivity contribution >= 4 is 28.4 Å². The molecule has 0 radical (unpaired) electrons. The summed E-state index contributed by atoms with van der Waals surface area (Å²) >= 11 is 0. The second kappa shape index (κ2) is 8.84. The summed E-state index contributed by atoms with van der Waals surface area (Å²) in [6.07, 6.45) is 3.23. The molecule has 2 aromatic carbocycles. The Kier molecular flexibility index (Phi) is 5.80. The summed E-state index contributed by atoms with van der Waals surface area (Å²) in [6.45, 7) is -0.518. The summed E-state index contributed by atoms with van der Waals surface area (Å²) < 4.78 is 40.1. The minimum atomic E-state index is -1.70. The van der Waals surface area contributed by atoms with E-state index in [1.807, 2.05) is 0 Å². The third-order valence-corrected chi connectivity index (χ3v) is 4.64. The summed E-state index contributed by atoms with van der Waals surface area (Å²) in [5.41, 5.74) is 1.55. The van der Waals surface area contributed by atoms with Crippen molar-refractivity contribution in [2.24, 2.45) is 0 Å². The van der Waals surface area contributed by atoms with Gasteiger partial charge in [-0.05, 0) is 36.4 Å². The predicted octanol–water partition coefficient (Wildman–Crippen LogP) is 4.08. The molecule has 0 bridgehead atoms. The van der Waals surface area contributed by atoms with Gasteiger partial charge in [-0.3, -0.25) is 14.6 Å². The van der Waals surface area contributed by atoms with Gasteiger partial charge in [-0.25, -0.2) is 18.2 Å². The molecule has 4 rings (SSSR count). The van der Waals surface area contributed by atoms with E-state index in [0.29, 0.717) is 28.2 Å². The zero-order chi connectivity index (χ0) is 22.7. The molecule has 160 valence electrons. The van der Waals surface area contributed by atoms with Crippen molar-refractivity contribution in [2.75, 3.05) is 11.9 Å². The van der Waals surface area contributed by atoms with Crippen LogP contribution in [0.3, 0.4) is 0 Å². The molecule has 6 nitrogen and oxygen atoms in total. The quantitative estimate of drug-likeness (QED) is 0.462. The van der Waals surface area contributed by atoms with Crippen LogP contribution in [0.4, 0.5) is 18.9 Å². The van der Waals surface area contributed by atoms with E-state index in [2.05, 4.69) is 20.6 Å². The van der Waals surface area contributed by atoms with Gasteiger partial charge in [0.1, 0.15) is 0 Å². The molecule has 2 N–H and O–H groups in total. The van der Waals surface area contributed by atoms with Crippen LogP contribution in [-0.4, -0.2) is 28.3 Å². The summed E-state index contributed by atoms with van der Waals surface area (Å²) in [6, 6.07) is 13.7. The average Bonchev–Trinajstić information content (AvgIpc) is 2.82. The number of pyridine rings is 2. The minimum absolute atomic E-state index is 0.279. The average molecular weight is 436 g/mol. The highest BCUT2D eigenvalue weighted by Gasteiger charge is 2.17. The standard InChI is InChI=1S/C23H15F3N4O2/c24-16-7-8-18(22(26)21(16)25)30-20(31)12-28-23(32)15-10-19(13-4-3-9-27-11-13)29-17-6-2-1-5-14(15)17/h1-11H,12H2,(H,28,32)(H,30,31). The SMILES string of the molecule is O=C(CNC(=O)c1cc(-c2cccnc2)nc2ccccc12)Nc1ccc(F)c(F)c1F. The third-order valence-electron chi connectivity index (χ3n) is 4.64. The first-order valence-corrected chi connectivity index (χ1v) is 9.46. The van der Waals surface area contributed by atoms with Gasteiger partial charge in [0.25, 0.3) is 5.91 Å². The Labute approximate surface area is 180 Å². The van der Waals surface area contributed by atoms with Gasteiger partial charge in [0.2, 0.25) is 5.91 Å². The zero-order valence-electron chi connectivity index (χ0n) is 16.4. The van der Waals surface area contributed by atoms with Crippen LogP contribution in [0.15, 0.2) is 67.0 Å². The topological polar surface area (TPSA) is 84.0 Å². The number of benzene rings is 2. The molecule has 2 heterocycles. The molecule has 9 heteroatoms. The number of carbonyl (C=O) groups is 2. The third kappa shape index (κ3) is 4.27. The molecule has 0 unspecified atom stereocenters. The molecule has 0 aliphatic rings. The molecule has 2 aromatic heterocycles. The first-order valence-electron chi connectivity index (χ1n) is 9.46. The predicted molar refractivity (Wildman–Crippen MR) is 112 cm³/mol. The van der Waals surface area contributed by atoms with Crippen LogP contribution in [-0.2, 0) is 4.79 Å². The van der Waals surface area contributed by atoms with Gasteiger partial charge in [0.05, 0.1) is 29.0 Å². The smallest absolute Gasteiger partial charge is 0.252 e. The van der Waals surface area contributed by atoms with Crippen molar-refractivity contribution in [3.8, 4) is 11.3 Å². The maximum atomic E-state index is 13.7. The Morgan fingerprint density at radius 2 is 1.75 bits per heavy atom. The van der Waals surface area contributed by atoms with Crippen LogP contribution in [0.25, 0.3) is 22.2 Å². The maximum absolute atomic E-state index is 13.7. The highest BCUT2D eigenvalue weighted by molar-refractivity contribution is 6.08. The van der Waals surface area contributed by atoms with Crippen molar-refractivity contribution in [3.05, 3.63) is 90.0 Å². The molecule has 0 atom stereocenters. The molecule has 0 spiro atoms. The second-order valence-electron chi connectivity index (χ2n) is 6.77. The first kappa shape index (κ1) is 21.0. The van der Waals surface area contributed by atoms with Crippen LogP contribution in [0.2, 0.25) is 0 Å². The Hall–Kier alpha value is -4.27. The van der Waals surface area contributed by atoms with Crippen molar-refractivity contribution < 1.29 is 22.8 Å². The Balaban J connectivity index is 1.55. The number of fused-ring (bicyclic) bond motifs is 1. The lowest BCUT2D eigenvalue weighted by Crippen LogP contribution is -2.33. The van der Waals surface area contributed by atoms with E-state index in [-0.39, 0.29) is 5.56 Å². The van der Waals surface area contributed by atoms with E-state index in [4.69, 9.17) is 0 Å². The fraction of sp³-hybridized carbons (Fsp3) is 0.0435. The van der Waals surface area contributed by atoms with Crippen LogP contribution in [0, 0.1) is 17.5 Å². The van der Waals surface area contributed by atoms with Gasteiger partial charge < -0.3 is 10.6 Å². The van der Waals surface area contributed by atoms with E-state index in [9.17, 15) is 22.8 Å². The number of nitrogens with one attached hydrogen (secondary N) is 2. The molecule has 4 aromatic rings. The number of nitrogens with zero attached hydrogens (tertiary/aromatic N) is 2. The molecule has 0 saturated carbocycles. The molecular formula is C23H15F3N4O2. The van der Waals surface area contributed by atoms with Crippen molar-refractivity contribution in [3.63, 3.8) is 0 Å². The summed E-state index contributed by atoms with van der Waals surface area (Å²) in [5, 5.41) is 5.13. The van der Waals surface area contributed by atoms with Gasteiger partial charge in [0.15, 0.2) is 17.5 Å². The van der Waals surface area contributed by atoms with E-state index in [1.54, 1.807) is 54.9 Å². The first-order chi connectivity index (χ1) is 15.4. The van der Waals surface area contributed by atoms with Crippen molar-refractivity contribution in [1.82, 2.24) is 15.3 Å². The van der Waals surface area contributed by atoms with Crippen molar-refractivity contribution in [2.45, 2.75) is 0 Å². The number of amides is 2. The zero-order valence-corrected chi connectivity index (χ0v) is 16.4. The number of carbonyl (C=O) groups excluding carboxylic acids is 2. The van der Waals surface area contributed by atoms with Gasteiger partial charge in [-0.15, -0.1) is 0 Å². The fourth-order valence-electron chi connectivity index (χ4n) is 3.10. The number of hydrogen-bond acceptors (Lipinski definition) is 4. The van der Waals surface area contributed by atoms with Crippen LogP contribution in [0.5, 0.6) is 0 Å². The number of aromatic nitrogens is 2. The van der Waals surface area contributed by atoms with Crippen LogP contribution in [0.1, 0.15) is 10.4 Å². The number of rotatable bonds is 5. The van der Waals surface area contributed by atoms with Gasteiger partial charge in [-0.1, -0.05) is 18.2 Å².